The highest BCUT2D eigenvalue weighted by molar-refractivity contribution is 5.25. The molecular weight excluding hydrogens is 222 g/mol. The summed E-state index contributed by atoms with van der Waals surface area (Å²) in [7, 11) is 0. The second kappa shape index (κ2) is 4.94. The molecule has 0 spiro atoms. The van der Waals surface area contributed by atoms with Crippen LogP contribution in [0.4, 0.5) is 0 Å². The van der Waals surface area contributed by atoms with E-state index in [1.54, 1.807) is 0 Å². The molecule has 1 aliphatic rings. The van der Waals surface area contributed by atoms with Gasteiger partial charge in [-0.05, 0) is 30.9 Å². The van der Waals surface area contributed by atoms with Crippen LogP contribution in [0, 0.1) is 6.92 Å². The predicted molar refractivity (Wildman–Crippen MR) is 72.2 cm³/mol. The molecular formula is C15H19N3. The Bertz CT molecular complexity index is 526. The Morgan fingerprint density at radius 2 is 2.11 bits per heavy atom. The Kier molecular flexibility index (Phi) is 3.15. The van der Waals surface area contributed by atoms with E-state index in [-0.39, 0.29) is 0 Å². The van der Waals surface area contributed by atoms with Crippen LogP contribution in [0.5, 0.6) is 0 Å². The van der Waals surface area contributed by atoms with Crippen molar-refractivity contribution in [2.75, 3.05) is 0 Å². The molecule has 3 heteroatoms. The Morgan fingerprint density at radius 3 is 2.89 bits per heavy atom. The van der Waals surface area contributed by atoms with Crippen molar-refractivity contribution in [1.29, 1.82) is 0 Å². The summed E-state index contributed by atoms with van der Waals surface area (Å²) in [4.78, 5) is 4.25. The van der Waals surface area contributed by atoms with Crippen molar-refractivity contribution in [1.82, 2.24) is 14.9 Å². The minimum absolute atomic E-state index is 0.711. The lowest BCUT2D eigenvalue weighted by Gasteiger charge is -2.09. The number of nitrogens with zero attached hydrogens (tertiary/aromatic N) is 2. The highest BCUT2D eigenvalue weighted by Gasteiger charge is 2.24. The zero-order valence-electron chi connectivity index (χ0n) is 10.8. The largest absolute Gasteiger partial charge is 0.330 e. The normalized spacial score (nSPS) is 14.9. The van der Waals surface area contributed by atoms with Crippen molar-refractivity contribution in [3.05, 3.63) is 53.6 Å². The minimum Gasteiger partial charge on any atom is -0.330 e. The van der Waals surface area contributed by atoms with Crippen molar-refractivity contribution >= 4 is 0 Å². The fourth-order valence-corrected chi connectivity index (χ4v) is 2.28. The molecule has 1 heterocycles. The Labute approximate surface area is 108 Å². The molecule has 0 unspecified atom stereocenters. The number of nitrogens with one attached hydrogen (secondary N) is 1. The lowest BCUT2D eigenvalue weighted by Crippen LogP contribution is -2.16. The number of hydrogen-bond donors (Lipinski definition) is 1. The van der Waals surface area contributed by atoms with Gasteiger partial charge in [-0.25, -0.2) is 4.98 Å². The van der Waals surface area contributed by atoms with Crippen molar-refractivity contribution < 1.29 is 0 Å². The van der Waals surface area contributed by atoms with Crippen LogP contribution >= 0.6 is 0 Å². The molecule has 0 aliphatic heterocycles. The third-order valence-corrected chi connectivity index (χ3v) is 3.57. The summed E-state index contributed by atoms with van der Waals surface area (Å²) in [5, 5.41) is 3.51. The molecule has 3 nitrogen and oxygen atoms in total. The minimum atomic E-state index is 0.711. The first kappa shape index (κ1) is 11.5. The molecule has 0 saturated heterocycles. The van der Waals surface area contributed by atoms with Crippen LogP contribution in [-0.2, 0) is 13.1 Å². The molecule has 1 aliphatic carbocycles. The van der Waals surface area contributed by atoms with Gasteiger partial charge in [-0.15, -0.1) is 0 Å². The average Bonchev–Trinajstić information content (AvgIpc) is 3.12. The van der Waals surface area contributed by atoms with Crippen LogP contribution in [-0.4, -0.2) is 9.55 Å². The van der Waals surface area contributed by atoms with Gasteiger partial charge in [0, 0.05) is 25.3 Å². The Balaban J connectivity index is 1.58. The van der Waals surface area contributed by atoms with E-state index in [2.05, 4.69) is 46.1 Å². The van der Waals surface area contributed by atoms with Crippen molar-refractivity contribution in [3.8, 4) is 0 Å². The lowest BCUT2D eigenvalue weighted by molar-refractivity contribution is 0.620. The number of aromatic nitrogens is 2. The number of imidazole rings is 1. The zero-order chi connectivity index (χ0) is 12.4. The first-order valence-electron chi connectivity index (χ1n) is 6.60. The molecule has 1 saturated carbocycles. The van der Waals surface area contributed by atoms with Crippen LogP contribution in [0.2, 0.25) is 0 Å². The maximum Gasteiger partial charge on any atom is 0.0951 e. The molecule has 2 aromatic rings. The topological polar surface area (TPSA) is 29.9 Å². The van der Waals surface area contributed by atoms with Gasteiger partial charge < -0.3 is 9.88 Å². The fourth-order valence-electron chi connectivity index (χ4n) is 2.28. The van der Waals surface area contributed by atoms with Gasteiger partial charge in [0.1, 0.15) is 0 Å². The first-order chi connectivity index (χ1) is 8.84. The van der Waals surface area contributed by atoms with Crippen LogP contribution in [0.3, 0.4) is 0 Å². The number of hydrogen-bond acceptors (Lipinski definition) is 2. The zero-order valence-corrected chi connectivity index (χ0v) is 10.8. The summed E-state index contributed by atoms with van der Waals surface area (Å²) in [6.07, 6.45) is 6.55. The molecule has 1 aromatic carbocycles. The molecule has 18 heavy (non-hydrogen) atoms. The van der Waals surface area contributed by atoms with E-state index in [0.717, 1.165) is 13.1 Å². The molecule has 3 rings (SSSR count). The quantitative estimate of drug-likeness (QED) is 0.872. The molecule has 1 N–H and O–H groups in total. The van der Waals surface area contributed by atoms with Crippen molar-refractivity contribution in [3.63, 3.8) is 0 Å². The molecule has 0 amide bonds. The van der Waals surface area contributed by atoms with Crippen molar-refractivity contribution in [2.24, 2.45) is 0 Å². The van der Waals surface area contributed by atoms with E-state index in [0.29, 0.717) is 6.04 Å². The van der Waals surface area contributed by atoms with Gasteiger partial charge >= 0.3 is 0 Å². The predicted octanol–water partition coefficient (Wildman–Crippen LogP) is 2.82. The summed E-state index contributed by atoms with van der Waals surface area (Å²) in [6, 6.07) is 9.23. The standard InChI is InChI=1S/C15H19N3/c1-12-4-2-3-5-13(12)8-16-9-15-10-17-11-18(15)14-6-7-14/h2-5,10-11,14,16H,6-9H2,1H3. The van der Waals surface area contributed by atoms with E-state index in [1.165, 1.54) is 29.7 Å². The second-order valence-electron chi connectivity index (χ2n) is 5.05. The molecule has 1 fully saturated rings. The first-order valence-corrected chi connectivity index (χ1v) is 6.60. The van der Waals surface area contributed by atoms with E-state index in [9.17, 15) is 0 Å². The van der Waals surface area contributed by atoms with E-state index < -0.39 is 0 Å². The van der Waals surface area contributed by atoms with Gasteiger partial charge in [-0.1, -0.05) is 24.3 Å². The van der Waals surface area contributed by atoms with Crippen LogP contribution < -0.4 is 5.32 Å². The summed E-state index contributed by atoms with van der Waals surface area (Å²) in [5.41, 5.74) is 4.02. The van der Waals surface area contributed by atoms with E-state index in [4.69, 9.17) is 0 Å². The van der Waals surface area contributed by atoms with E-state index in [1.807, 2.05) is 12.5 Å². The van der Waals surface area contributed by atoms with Gasteiger partial charge in [-0.3, -0.25) is 0 Å². The second-order valence-corrected chi connectivity index (χ2v) is 5.05. The van der Waals surface area contributed by atoms with Crippen LogP contribution in [0.25, 0.3) is 0 Å². The Morgan fingerprint density at radius 1 is 1.28 bits per heavy atom. The maximum atomic E-state index is 4.25. The van der Waals surface area contributed by atoms with Gasteiger partial charge in [0.05, 0.1) is 12.0 Å². The highest BCUT2D eigenvalue weighted by atomic mass is 15.1. The maximum absolute atomic E-state index is 4.25. The van der Waals surface area contributed by atoms with Gasteiger partial charge in [0.25, 0.3) is 0 Å². The van der Waals surface area contributed by atoms with Gasteiger partial charge in [0.2, 0.25) is 0 Å². The summed E-state index contributed by atoms with van der Waals surface area (Å²) >= 11 is 0. The van der Waals surface area contributed by atoms with Gasteiger partial charge in [0.15, 0.2) is 0 Å². The highest BCUT2D eigenvalue weighted by Crippen LogP contribution is 2.35. The molecule has 0 radical (unpaired) electrons. The van der Waals surface area contributed by atoms with Crippen LogP contribution in [0.15, 0.2) is 36.8 Å². The fraction of sp³-hybridized carbons (Fsp3) is 0.400. The molecule has 0 atom stereocenters. The van der Waals surface area contributed by atoms with Crippen molar-refractivity contribution in [2.45, 2.75) is 38.9 Å². The average molecular weight is 241 g/mol. The van der Waals surface area contributed by atoms with Crippen LogP contribution in [0.1, 0.15) is 35.7 Å². The summed E-state index contributed by atoms with van der Waals surface area (Å²) in [6.45, 7) is 3.97. The number of benzene rings is 1. The monoisotopic (exact) mass is 241 g/mol. The lowest BCUT2D eigenvalue weighted by atomic mass is 10.1. The molecule has 94 valence electrons. The number of aryl methyl sites for hydroxylation is 1. The van der Waals surface area contributed by atoms with E-state index >= 15 is 0 Å². The third kappa shape index (κ3) is 2.46. The SMILES string of the molecule is Cc1ccccc1CNCc1cncn1C1CC1. The van der Waals surface area contributed by atoms with Gasteiger partial charge in [-0.2, -0.15) is 0 Å². The summed E-state index contributed by atoms with van der Waals surface area (Å²) in [5.74, 6) is 0. The molecule has 0 bridgehead atoms. The number of rotatable bonds is 5. The Hall–Kier alpha value is -1.61. The molecule has 1 aromatic heterocycles. The smallest absolute Gasteiger partial charge is 0.0951 e. The summed E-state index contributed by atoms with van der Waals surface area (Å²) < 4.78 is 2.31. The third-order valence-electron chi connectivity index (χ3n) is 3.57.